The lowest BCUT2D eigenvalue weighted by Gasteiger charge is -2.30. The molecule has 0 bridgehead atoms. The summed E-state index contributed by atoms with van der Waals surface area (Å²) in [5, 5.41) is 2.97. The number of rotatable bonds is 10. The summed E-state index contributed by atoms with van der Waals surface area (Å²) >= 11 is 0. The fourth-order valence-electron chi connectivity index (χ4n) is 3.84. The summed E-state index contributed by atoms with van der Waals surface area (Å²) in [5.41, 5.74) is 1.83. The van der Waals surface area contributed by atoms with E-state index < -0.39 is 15.8 Å². The molecule has 0 saturated heterocycles. The number of sulfonamides is 1. The van der Waals surface area contributed by atoms with E-state index in [1.807, 2.05) is 30.3 Å². The number of hydrogen-bond acceptors (Lipinski definition) is 4. The molecule has 0 aliphatic carbocycles. The number of carbonyl (C=O) groups excluding carboxylic acids is 1. The molecule has 0 aromatic heterocycles. The zero-order chi connectivity index (χ0) is 24.7. The zero-order valence-corrected chi connectivity index (χ0v) is 20.4. The second kappa shape index (κ2) is 11.3. The molecule has 2 N–H and O–H groups in total. The molecule has 3 rings (SSSR count). The van der Waals surface area contributed by atoms with Crippen LogP contribution in [-0.2, 0) is 10.0 Å². The van der Waals surface area contributed by atoms with Crippen LogP contribution in [0.4, 0.5) is 10.1 Å². The number of likely N-dealkylation sites (N-methyl/N-ethyl adjacent to an activating group) is 1. The standard InChI is InChI=1S/C26H30FN3O3S/c1-4-30(5-2)25(20-11-7-6-8-12-20)18-28-26(31)22-17-21(16-15-19(22)3)34(32,33)29-24-14-10-9-13-23(24)27/h6-17,25,29H,4-5,18H2,1-3H3,(H,28,31). The van der Waals surface area contributed by atoms with Crippen LogP contribution in [0.5, 0.6) is 0 Å². The molecule has 0 heterocycles. The first-order chi connectivity index (χ1) is 16.3. The first kappa shape index (κ1) is 25.4. The highest BCUT2D eigenvalue weighted by Crippen LogP contribution is 2.22. The summed E-state index contributed by atoms with van der Waals surface area (Å²) in [6.07, 6.45) is 0. The van der Waals surface area contributed by atoms with Crippen LogP contribution in [0.25, 0.3) is 0 Å². The number of halogens is 1. The van der Waals surface area contributed by atoms with Crippen LogP contribution in [0, 0.1) is 12.7 Å². The number of nitrogens with one attached hydrogen (secondary N) is 2. The molecule has 0 fully saturated rings. The van der Waals surface area contributed by atoms with Gasteiger partial charge < -0.3 is 5.32 Å². The number of anilines is 1. The van der Waals surface area contributed by atoms with Gasteiger partial charge in [-0.15, -0.1) is 0 Å². The van der Waals surface area contributed by atoms with E-state index in [0.717, 1.165) is 18.7 Å². The van der Waals surface area contributed by atoms with E-state index in [-0.39, 0.29) is 28.1 Å². The fourth-order valence-corrected chi connectivity index (χ4v) is 4.94. The summed E-state index contributed by atoms with van der Waals surface area (Å²) < 4.78 is 41.9. The lowest BCUT2D eigenvalue weighted by molar-refractivity contribution is 0.0934. The van der Waals surface area contributed by atoms with E-state index in [1.54, 1.807) is 13.0 Å². The Hall–Kier alpha value is -3.23. The van der Waals surface area contributed by atoms with E-state index in [9.17, 15) is 17.6 Å². The van der Waals surface area contributed by atoms with Gasteiger partial charge in [0.25, 0.3) is 15.9 Å². The Balaban J connectivity index is 1.82. The largest absolute Gasteiger partial charge is 0.350 e. The maximum absolute atomic E-state index is 14.0. The van der Waals surface area contributed by atoms with E-state index >= 15 is 0 Å². The second-order valence-corrected chi connectivity index (χ2v) is 9.60. The Kier molecular flexibility index (Phi) is 8.41. The molecule has 0 saturated carbocycles. The average molecular weight is 484 g/mol. The van der Waals surface area contributed by atoms with Crippen molar-refractivity contribution in [2.24, 2.45) is 0 Å². The van der Waals surface area contributed by atoms with Crippen LogP contribution in [0.3, 0.4) is 0 Å². The number of carbonyl (C=O) groups is 1. The van der Waals surface area contributed by atoms with Gasteiger partial charge in [0.05, 0.1) is 16.6 Å². The summed E-state index contributed by atoms with van der Waals surface area (Å²) in [7, 11) is -4.08. The second-order valence-electron chi connectivity index (χ2n) is 7.92. The smallest absolute Gasteiger partial charge is 0.262 e. The summed E-state index contributed by atoms with van der Waals surface area (Å²) in [4.78, 5) is 15.2. The minimum atomic E-state index is -4.08. The van der Waals surface area contributed by atoms with Crippen LogP contribution < -0.4 is 10.0 Å². The Labute approximate surface area is 200 Å². The third-order valence-electron chi connectivity index (χ3n) is 5.78. The molecule has 1 amide bonds. The monoisotopic (exact) mass is 483 g/mol. The molecule has 1 atom stereocenters. The molecule has 8 heteroatoms. The average Bonchev–Trinajstić information content (AvgIpc) is 2.83. The first-order valence-electron chi connectivity index (χ1n) is 11.2. The molecule has 34 heavy (non-hydrogen) atoms. The maximum atomic E-state index is 14.0. The third kappa shape index (κ3) is 6.01. The molecule has 6 nitrogen and oxygen atoms in total. The van der Waals surface area contributed by atoms with Gasteiger partial charge >= 0.3 is 0 Å². The van der Waals surface area contributed by atoms with Gasteiger partial charge in [-0.25, -0.2) is 12.8 Å². The van der Waals surface area contributed by atoms with Crippen molar-refractivity contribution in [3.63, 3.8) is 0 Å². The SMILES string of the molecule is CCN(CC)C(CNC(=O)c1cc(S(=O)(=O)Nc2ccccc2F)ccc1C)c1ccccc1. The van der Waals surface area contributed by atoms with Crippen molar-refractivity contribution in [3.8, 4) is 0 Å². The normalized spacial score (nSPS) is 12.4. The van der Waals surface area contributed by atoms with Crippen molar-refractivity contribution in [2.45, 2.75) is 31.7 Å². The summed E-state index contributed by atoms with van der Waals surface area (Å²) in [6.45, 7) is 7.90. The third-order valence-corrected chi connectivity index (χ3v) is 7.14. The minimum Gasteiger partial charge on any atom is -0.350 e. The molecule has 1 unspecified atom stereocenters. The number of para-hydroxylation sites is 1. The first-order valence-corrected chi connectivity index (χ1v) is 12.7. The summed E-state index contributed by atoms with van der Waals surface area (Å²) in [5.74, 6) is -1.05. The number of benzene rings is 3. The molecular formula is C26H30FN3O3S. The van der Waals surface area contributed by atoms with E-state index in [0.29, 0.717) is 12.1 Å². The highest BCUT2D eigenvalue weighted by molar-refractivity contribution is 7.92. The molecule has 0 aliphatic rings. The molecule has 180 valence electrons. The molecule has 0 aliphatic heterocycles. The highest BCUT2D eigenvalue weighted by atomic mass is 32.2. The number of amides is 1. The van der Waals surface area contributed by atoms with Crippen molar-refractivity contribution in [3.05, 3.63) is 95.3 Å². The van der Waals surface area contributed by atoms with Gasteiger partial charge in [0, 0.05) is 12.1 Å². The molecule has 0 radical (unpaired) electrons. The number of nitrogens with zero attached hydrogens (tertiary/aromatic N) is 1. The molecular weight excluding hydrogens is 453 g/mol. The van der Waals surface area contributed by atoms with E-state index in [1.165, 1.54) is 36.4 Å². The van der Waals surface area contributed by atoms with E-state index in [2.05, 4.69) is 28.8 Å². The molecule has 3 aromatic carbocycles. The Morgan fingerprint density at radius 3 is 2.26 bits per heavy atom. The van der Waals surface area contributed by atoms with Crippen molar-refractivity contribution in [2.75, 3.05) is 24.4 Å². The van der Waals surface area contributed by atoms with Crippen molar-refractivity contribution in [1.82, 2.24) is 10.2 Å². The summed E-state index contributed by atoms with van der Waals surface area (Å²) in [6, 6.07) is 19.7. The molecule has 0 spiro atoms. The Morgan fingerprint density at radius 2 is 1.62 bits per heavy atom. The van der Waals surface area contributed by atoms with Gasteiger partial charge in [0.1, 0.15) is 5.82 Å². The van der Waals surface area contributed by atoms with Crippen molar-refractivity contribution in [1.29, 1.82) is 0 Å². The molecule has 3 aromatic rings. The van der Waals surface area contributed by atoms with Gasteiger partial charge in [-0.05, 0) is 55.4 Å². The lowest BCUT2D eigenvalue weighted by atomic mass is 10.0. The van der Waals surface area contributed by atoms with Crippen LogP contribution in [0.1, 0.15) is 41.4 Å². The van der Waals surface area contributed by atoms with Crippen molar-refractivity contribution < 1.29 is 17.6 Å². The van der Waals surface area contributed by atoms with Gasteiger partial charge in [-0.2, -0.15) is 0 Å². The van der Waals surface area contributed by atoms with Crippen LogP contribution in [0.2, 0.25) is 0 Å². The van der Waals surface area contributed by atoms with Crippen molar-refractivity contribution >= 4 is 21.6 Å². The van der Waals surface area contributed by atoms with Crippen LogP contribution in [-0.4, -0.2) is 38.9 Å². The van der Waals surface area contributed by atoms with Crippen LogP contribution >= 0.6 is 0 Å². The Bertz CT molecular complexity index is 1230. The van der Waals surface area contributed by atoms with Gasteiger partial charge in [0.15, 0.2) is 0 Å². The topological polar surface area (TPSA) is 78.5 Å². The highest BCUT2D eigenvalue weighted by Gasteiger charge is 2.22. The Morgan fingerprint density at radius 1 is 0.971 bits per heavy atom. The lowest BCUT2D eigenvalue weighted by Crippen LogP contribution is -2.38. The van der Waals surface area contributed by atoms with Gasteiger partial charge in [0.2, 0.25) is 0 Å². The number of aryl methyl sites for hydroxylation is 1. The van der Waals surface area contributed by atoms with Crippen LogP contribution in [0.15, 0.2) is 77.7 Å². The number of hydrogen-bond donors (Lipinski definition) is 2. The minimum absolute atomic E-state index is 0.0184. The fraction of sp³-hybridized carbons (Fsp3) is 0.269. The van der Waals surface area contributed by atoms with Gasteiger partial charge in [-0.1, -0.05) is 62.4 Å². The van der Waals surface area contributed by atoms with E-state index in [4.69, 9.17) is 0 Å². The van der Waals surface area contributed by atoms with Gasteiger partial charge in [-0.3, -0.25) is 14.4 Å². The predicted molar refractivity (Wildman–Crippen MR) is 133 cm³/mol. The quantitative estimate of drug-likeness (QED) is 0.436. The zero-order valence-electron chi connectivity index (χ0n) is 19.6. The predicted octanol–water partition coefficient (Wildman–Crippen LogP) is 4.75. The maximum Gasteiger partial charge on any atom is 0.262 e.